The van der Waals surface area contributed by atoms with Crippen LogP contribution in [0.5, 0.6) is 0 Å². The van der Waals surface area contributed by atoms with Gasteiger partial charge in [0.2, 0.25) is 5.91 Å². The minimum atomic E-state index is -2.70. The van der Waals surface area contributed by atoms with E-state index in [0.29, 0.717) is 31.0 Å². The van der Waals surface area contributed by atoms with Gasteiger partial charge in [-0.15, -0.1) is 0 Å². The lowest BCUT2D eigenvalue weighted by Gasteiger charge is -2.42. The van der Waals surface area contributed by atoms with E-state index < -0.39 is 11.7 Å². The van der Waals surface area contributed by atoms with Crippen LogP contribution in [-0.4, -0.2) is 70.2 Å². The minimum Gasteiger partial charge on any atom is -0.350 e. The fraction of sp³-hybridized carbons (Fsp3) is 0.500. The zero-order valence-corrected chi connectivity index (χ0v) is 22.5. The highest BCUT2D eigenvalue weighted by atomic mass is 35.5. The molecule has 5 rings (SSSR count). The van der Waals surface area contributed by atoms with Gasteiger partial charge in [-0.2, -0.15) is 0 Å². The minimum absolute atomic E-state index is 0.0128. The third kappa shape index (κ3) is 5.89. The number of amides is 2. The van der Waals surface area contributed by atoms with E-state index in [2.05, 4.69) is 10.2 Å². The van der Waals surface area contributed by atoms with Gasteiger partial charge in [0.15, 0.2) is 0 Å². The summed E-state index contributed by atoms with van der Waals surface area (Å²) in [5.74, 6) is -2.82. The first-order valence-electron chi connectivity index (χ1n) is 12.7. The molecule has 1 aromatic heterocycles. The number of anilines is 1. The van der Waals surface area contributed by atoms with Gasteiger partial charge in [-0.05, 0) is 55.1 Å². The summed E-state index contributed by atoms with van der Waals surface area (Å²) in [4.78, 5) is 34.6. The molecule has 1 aromatic carbocycles. The number of fused-ring (bicyclic) bond motifs is 2. The van der Waals surface area contributed by atoms with Gasteiger partial charge in [0, 0.05) is 49.5 Å². The quantitative estimate of drug-likeness (QED) is 0.488. The Labute approximate surface area is 228 Å². The first kappa shape index (κ1) is 27.1. The lowest BCUT2D eigenvalue weighted by atomic mass is 10.1. The largest absolute Gasteiger partial charge is 0.350 e. The Balaban J connectivity index is 1.37. The van der Waals surface area contributed by atoms with Crippen molar-refractivity contribution < 1.29 is 22.8 Å². The molecule has 2 aromatic rings. The summed E-state index contributed by atoms with van der Waals surface area (Å²) < 4.78 is 42.7. The number of benzene rings is 1. The maximum Gasteiger partial charge on any atom is 0.262 e. The Morgan fingerprint density at radius 1 is 1.18 bits per heavy atom. The van der Waals surface area contributed by atoms with Crippen molar-refractivity contribution in [2.75, 3.05) is 31.1 Å². The van der Waals surface area contributed by atoms with E-state index in [4.69, 9.17) is 16.6 Å². The number of carbonyl (C=O) groups excluding carboxylic acids is 2. The van der Waals surface area contributed by atoms with E-state index in [-0.39, 0.29) is 60.5 Å². The Morgan fingerprint density at radius 3 is 2.55 bits per heavy atom. The van der Waals surface area contributed by atoms with Crippen molar-refractivity contribution in [2.45, 2.75) is 62.1 Å². The van der Waals surface area contributed by atoms with E-state index >= 15 is 0 Å². The highest BCUT2D eigenvalue weighted by Crippen LogP contribution is 2.39. The summed E-state index contributed by atoms with van der Waals surface area (Å²) in [5.41, 5.74) is 0.919. The fourth-order valence-electron chi connectivity index (χ4n) is 5.34. The predicted octanol–water partition coefficient (Wildman–Crippen LogP) is 4.74. The number of carbonyl (C=O) groups is 2. The van der Waals surface area contributed by atoms with E-state index in [1.807, 2.05) is 12.1 Å². The van der Waals surface area contributed by atoms with Gasteiger partial charge >= 0.3 is 0 Å². The molecule has 204 valence electrons. The number of aromatic nitrogens is 1. The van der Waals surface area contributed by atoms with Gasteiger partial charge in [-0.3, -0.25) is 9.59 Å². The van der Waals surface area contributed by atoms with Crippen LogP contribution in [0.25, 0.3) is 0 Å². The average molecular weight is 568 g/mol. The Kier molecular flexibility index (Phi) is 7.79. The summed E-state index contributed by atoms with van der Waals surface area (Å²) in [6, 6.07) is 7.55. The highest BCUT2D eigenvalue weighted by molar-refractivity contribution is 7.97. The van der Waals surface area contributed by atoms with Crippen LogP contribution in [0.2, 0.25) is 5.02 Å². The number of alkyl halides is 2. The molecule has 2 bridgehead atoms. The predicted molar refractivity (Wildman–Crippen MR) is 140 cm³/mol. The second-order valence-electron chi connectivity index (χ2n) is 9.97. The summed E-state index contributed by atoms with van der Waals surface area (Å²) in [5, 5.41) is 2.93. The standard InChI is InChI=1S/C26H29ClF3N5O2S/c1-2-24(36)31-12-17-10-20(38-34-8-7-26(29,30)15-34)11-23(32-17)35-18-4-5-19(35)14-33(13-18)25(37)21-6-3-16(28)9-22(21)27/h3,6,9-11,18-19H,2,4-5,7-8,12-15H2,1H3,(H,31,36). The molecule has 0 aliphatic carbocycles. The molecular weight excluding hydrogens is 539 g/mol. The van der Waals surface area contributed by atoms with Crippen molar-refractivity contribution in [2.24, 2.45) is 0 Å². The molecule has 0 saturated carbocycles. The molecule has 0 radical (unpaired) electrons. The zero-order chi connectivity index (χ0) is 27.0. The highest BCUT2D eigenvalue weighted by Gasteiger charge is 2.43. The number of nitrogens with one attached hydrogen (secondary N) is 1. The lowest BCUT2D eigenvalue weighted by molar-refractivity contribution is -0.120. The SMILES string of the molecule is CCC(=O)NCc1cc(SN2CCC(F)(F)C2)cc(N2C3CCC2CN(C(=O)c2ccc(F)cc2Cl)C3)n1. The van der Waals surface area contributed by atoms with Crippen molar-refractivity contribution in [3.63, 3.8) is 0 Å². The second-order valence-corrected chi connectivity index (χ2v) is 11.5. The molecule has 2 amide bonds. The number of piperazine rings is 1. The van der Waals surface area contributed by atoms with Gasteiger partial charge in [-0.25, -0.2) is 22.5 Å². The molecule has 4 heterocycles. The second kappa shape index (κ2) is 10.9. The number of hydrogen-bond donors (Lipinski definition) is 1. The summed E-state index contributed by atoms with van der Waals surface area (Å²) in [6.07, 6.45) is 1.91. The smallest absolute Gasteiger partial charge is 0.262 e. The number of likely N-dealkylation sites (tertiary alicyclic amines) is 1. The number of hydrogen-bond acceptors (Lipinski definition) is 6. The molecule has 3 aliphatic heterocycles. The van der Waals surface area contributed by atoms with Crippen LogP contribution in [0, 0.1) is 5.82 Å². The number of rotatable bonds is 7. The molecule has 0 spiro atoms. The van der Waals surface area contributed by atoms with Crippen LogP contribution in [0.3, 0.4) is 0 Å². The van der Waals surface area contributed by atoms with E-state index in [0.717, 1.165) is 23.8 Å². The first-order valence-corrected chi connectivity index (χ1v) is 13.9. The number of nitrogens with zero attached hydrogens (tertiary/aromatic N) is 4. The number of halogens is 4. The Hall–Kier alpha value is -2.50. The number of pyridine rings is 1. The Morgan fingerprint density at radius 2 is 1.92 bits per heavy atom. The van der Waals surface area contributed by atoms with Crippen LogP contribution < -0.4 is 10.2 Å². The molecule has 2 unspecified atom stereocenters. The molecule has 2 atom stereocenters. The average Bonchev–Trinajstić information content (AvgIpc) is 3.35. The molecule has 3 aliphatic rings. The summed E-state index contributed by atoms with van der Waals surface area (Å²) >= 11 is 7.43. The molecule has 38 heavy (non-hydrogen) atoms. The molecular formula is C26H29ClF3N5O2S. The van der Waals surface area contributed by atoms with Gasteiger partial charge in [-0.1, -0.05) is 18.5 Å². The van der Waals surface area contributed by atoms with Crippen molar-refractivity contribution in [1.82, 2.24) is 19.5 Å². The monoisotopic (exact) mass is 567 g/mol. The van der Waals surface area contributed by atoms with E-state index in [1.165, 1.54) is 24.1 Å². The van der Waals surface area contributed by atoms with Crippen molar-refractivity contribution >= 4 is 41.2 Å². The van der Waals surface area contributed by atoms with Gasteiger partial charge in [0.1, 0.15) is 11.6 Å². The fourth-order valence-corrected chi connectivity index (χ4v) is 6.67. The maximum atomic E-state index is 13.8. The molecule has 12 heteroatoms. The van der Waals surface area contributed by atoms with Crippen LogP contribution in [0.15, 0.2) is 35.2 Å². The summed E-state index contributed by atoms with van der Waals surface area (Å²) in [6.45, 7) is 2.90. The van der Waals surface area contributed by atoms with E-state index in [9.17, 15) is 22.8 Å². The summed E-state index contributed by atoms with van der Waals surface area (Å²) in [7, 11) is 0. The molecule has 3 saturated heterocycles. The maximum absolute atomic E-state index is 13.8. The van der Waals surface area contributed by atoms with Crippen molar-refractivity contribution in [3.8, 4) is 0 Å². The van der Waals surface area contributed by atoms with Crippen LogP contribution in [0.4, 0.5) is 19.0 Å². The first-order chi connectivity index (χ1) is 18.1. The van der Waals surface area contributed by atoms with Crippen LogP contribution >= 0.6 is 23.5 Å². The third-order valence-electron chi connectivity index (χ3n) is 7.19. The third-order valence-corrected chi connectivity index (χ3v) is 8.52. The zero-order valence-electron chi connectivity index (χ0n) is 20.9. The van der Waals surface area contributed by atoms with Crippen LogP contribution in [0.1, 0.15) is 48.7 Å². The van der Waals surface area contributed by atoms with Crippen molar-refractivity contribution in [3.05, 3.63) is 52.4 Å². The molecule has 1 N–H and O–H groups in total. The van der Waals surface area contributed by atoms with Crippen molar-refractivity contribution in [1.29, 1.82) is 0 Å². The topological polar surface area (TPSA) is 68.8 Å². The lowest BCUT2D eigenvalue weighted by Crippen LogP contribution is -2.55. The van der Waals surface area contributed by atoms with E-state index in [1.54, 1.807) is 16.1 Å². The molecule has 7 nitrogen and oxygen atoms in total. The normalized spacial score (nSPS) is 22.7. The Bertz CT molecular complexity index is 1220. The van der Waals surface area contributed by atoms with Gasteiger partial charge in [0.25, 0.3) is 11.8 Å². The van der Waals surface area contributed by atoms with Gasteiger partial charge < -0.3 is 15.1 Å². The molecule has 3 fully saturated rings. The van der Waals surface area contributed by atoms with Crippen LogP contribution in [-0.2, 0) is 11.3 Å². The van der Waals surface area contributed by atoms with Gasteiger partial charge in [0.05, 0.1) is 29.4 Å².